The molecule has 4 rings (SSSR count). The van der Waals surface area contributed by atoms with Crippen LogP contribution in [0.5, 0.6) is 0 Å². The molecule has 0 fully saturated rings. The van der Waals surface area contributed by atoms with Gasteiger partial charge in [0.1, 0.15) is 17.0 Å². The molecule has 13 heteroatoms. The molecule has 1 aliphatic rings. The molecule has 1 N–H and O–H groups in total. The number of rotatable bonds is 4. The van der Waals surface area contributed by atoms with Crippen LogP contribution in [0.1, 0.15) is 41.9 Å². The first-order chi connectivity index (χ1) is 15.7. The van der Waals surface area contributed by atoms with E-state index in [4.69, 9.17) is 9.36 Å². The van der Waals surface area contributed by atoms with Crippen LogP contribution in [0.15, 0.2) is 46.1 Å². The molecule has 180 valence electrons. The molecular weight excluding hydrogens is 482 g/mol. The standard InChI is InChI=1S/C21H17F4N3O5S/c1-20(2)9-18(28-33-20)34(30,31)10-16-13-7-15(14(22)8-17(13)32-27-16)26-19(29)11-4-3-5-12(6-11)21(23,24)25/h3-8H,9-10H2,1-2H3,(H,26,29). The normalized spacial score (nSPS) is 15.8. The van der Waals surface area contributed by atoms with E-state index in [1.54, 1.807) is 13.8 Å². The molecule has 0 saturated heterocycles. The number of hydrogen-bond acceptors (Lipinski definition) is 7. The van der Waals surface area contributed by atoms with E-state index in [2.05, 4.69) is 15.6 Å². The minimum atomic E-state index is -4.66. The van der Waals surface area contributed by atoms with E-state index in [1.165, 1.54) is 0 Å². The molecule has 0 unspecified atom stereocenters. The Bertz CT molecular complexity index is 1430. The summed E-state index contributed by atoms with van der Waals surface area (Å²) in [6, 6.07) is 5.62. The zero-order valence-electron chi connectivity index (χ0n) is 17.7. The minimum absolute atomic E-state index is 0.0536. The van der Waals surface area contributed by atoms with E-state index < -0.39 is 44.7 Å². The minimum Gasteiger partial charge on any atom is -0.389 e. The lowest BCUT2D eigenvalue weighted by molar-refractivity contribution is -0.137. The molecule has 0 atom stereocenters. The third-order valence-electron chi connectivity index (χ3n) is 4.99. The maximum Gasteiger partial charge on any atom is 0.416 e. The Morgan fingerprint density at radius 3 is 2.59 bits per heavy atom. The number of carbonyl (C=O) groups excluding carboxylic acids is 1. The van der Waals surface area contributed by atoms with E-state index >= 15 is 0 Å². The van der Waals surface area contributed by atoms with Crippen LogP contribution in [-0.2, 0) is 26.6 Å². The van der Waals surface area contributed by atoms with E-state index in [-0.39, 0.29) is 39.4 Å². The number of fused-ring (bicyclic) bond motifs is 1. The lowest BCUT2D eigenvalue weighted by Crippen LogP contribution is -2.23. The third-order valence-corrected chi connectivity index (χ3v) is 6.58. The molecule has 0 saturated carbocycles. The van der Waals surface area contributed by atoms with Crippen molar-refractivity contribution in [3.63, 3.8) is 0 Å². The Kier molecular flexibility index (Phi) is 5.62. The second-order valence-electron chi connectivity index (χ2n) is 8.26. The summed E-state index contributed by atoms with van der Waals surface area (Å²) in [4.78, 5) is 17.6. The van der Waals surface area contributed by atoms with Crippen LogP contribution in [-0.4, -0.2) is 30.1 Å². The number of nitrogens with zero attached hydrogens (tertiary/aromatic N) is 2. The van der Waals surface area contributed by atoms with Gasteiger partial charge >= 0.3 is 6.18 Å². The Labute approximate surface area is 190 Å². The largest absolute Gasteiger partial charge is 0.416 e. The number of nitrogens with one attached hydrogen (secondary N) is 1. The van der Waals surface area contributed by atoms with Gasteiger partial charge in [-0.3, -0.25) is 4.79 Å². The van der Waals surface area contributed by atoms with Gasteiger partial charge in [-0.1, -0.05) is 16.4 Å². The van der Waals surface area contributed by atoms with Gasteiger partial charge in [0.05, 0.1) is 11.3 Å². The third kappa shape index (κ3) is 4.74. The number of carbonyl (C=O) groups is 1. The maximum absolute atomic E-state index is 14.5. The SMILES string of the molecule is CC1(C)CC(S(=O)(=O)Cc2noc3cc(F)c(NC(=O)c4cccc(C(F)(F)F)c4)cc23)=NO1. The van der Waals surface area contributed by atoms with Crippen LogP contribution in [0.4, 0.5) is 23.2 Å². The Morgan fingerprint density at radius 1 is 1.21 bits per heavy atom. The van der Waals surface area contributed by atoms with Gasteiger partial charge < -0.3 is 14.7 Å². The monoisotopic (exact) mass is 499 g/mol. The summed E-state index contributed by atoms with van der Waals surface area (Å²) in [6.45, 7) is 3.35. The summed E-state index contributed by atoms with van der Waals surface area (Å²) in [5, 5.41) is 9.44. The number of halogens is 4. The van der Waals surface area contributed by atoms with E-state index in [1.807, 2.05) is 0 Å². The van der Waals surface area contributed by atoms with E-state index in [0.29, 0.717) is 6.07 Å². The van der Waals surface area contributed by atoms with Crippen molar-refractivity contribution in [2.45, 2.75) is 37.8 Å². The Morgan fingerprint density at radius 2 is 1.94 bits per heavy atom. The van der Waals surface area contributed by atoms with Crippen molar-refractivity contribution < 1.29 is 40.1 Å². The number of hydrogen-bond donors (Lipinski definition) is 1. The Hall–Kier alpha value is -3.48. The predicted molar refractivity (Wildman–Crippen MR) is 113 cm³/mol. The first kappa shape index (κ1) is 23.7. The fourth-order valence-corrected chi connectivity index (χ4v) is 4.73. The highest BCUT2D eigenvalue weighted by Crippen LogP contribution is 2.31. The smallest absolute Gasteiger partial charge is 0.389 e. The highest BCUT2D eigenvalue weighted by Gasteiger charge is 2.37. The fourth-order valence-electron chi connectivity index (χ4n) is 3.27. The molecule has 3 aromatic rings. The van der Waals surface area contributed by atoms with Crippen molar-refractivity contribution in [1.29, 1.82) is 0 Å². The van der Waals surface area contributed by atoms with Crippen LogP contribution >= 0.6 is 0 Å². The number of sulfone groups is 1. The second-order valence-corrected chi connectivity index (χ2v) is 10.3. The average Bonchev–Trinajstić information content (AvgIpc) is 3.30. The van der Waals surface area contributed by atoms with Gasteiger partial charge in [-0.2, -0.15) is 13.2 Å². The van der Waals surface area contributed by atoms with Gasteiger partial charge in [0.2, 0.25) is 9.84 Å². The van der Waals surface area contributed by atoms with Crippen molar-refractivity contribution in [1.82, 2.24) is 5.16 Å². The summed E-state index contributed by atoms with van der Waals surface area (Å²) in [5.74, 6) is -2.56. The van der Waals surface area contributed by atoms with E-state index in [0.717, 1.165) is 30.3 Å². The lowest BCUT2D eigenvalue weighted by Gasteiger charge is -2.13. The molecule has 8 nitrogen and oxygen atoms in total. The number of aromatic nitrogens is 1. The van der Waals surface area contributed by atoms with Gasteiger partial charge in [0, 0.05) is 23.4 Å². The van der Waals surface area contributed by atoms with Crippen molar-refractivity contribution in [3.05, 3.63) is 59.0 Å². The first-order valence-electron chi connectivity index (χ1n) is 9.79. The van der Waals surface area contributed by atoms with Crippen molar-refractivity contribution in [2.24, 2.45) is 5.16 Å². The summed E-state index contributed by atoms with van der Waals surface area (Å²) < 4.78 is 83.7. The molecule has 1 aliphatic heterocycles. The Balaban J connectivity index is 1.62. The van der Waals surface area contributed by atoms with Crippen molar-refractivity contribution in [3.8, 4) is 0 Å². The van der Waals surface area contributed by atoms with Gasteiger partial charge in [-0.15, -0.1) is 0 Å². The molecule has 1 amide bonds. The van der Waals surface area contributed by atoms with Crippen LogP contribution in [0.2, 0.25) is 0 Å². The molecule has 0 aliphatic carbocycles. The molecule has 34 heavy (non-hydrogen) atoms. The number of alkyl halides is 3. The zero-order valence-corrected chi connectivity index (χ0v) is 18.6. The highest BCUT2D eigenvalue weighted by molar-refractivity contribution is 8.05. The van der Waals surface area contributed by atoms with Crippen molar-refractivity contribution >= 4 is 37.4 Å². The van der Waals surface area contributed by atoms with E-state index in [9.17, 15) is 30.8 Å². The molecule has 0 bridgehead atoms. The number of amides is 1. The zero-order chi connectivity index (χ0) is 24.9. The fraction of sp³-hybridized carbons (Fsp3) is 0.286. The molecule has 2 aromatic carbocycles. The maximum atomic E-state index is 14.5. The molecule has 0 spiro atoms. The topological polar surface area (TPSA) is 111 Å². The quantitative estimate of drug-likeness (QED) is 0.523. The van der Waals surface area contributed by atoms with Gasteiger partial charge in [0.25, 0.3) is 5.91 Å². The summed E-state index contributed by atoms with van der Waals surface area (Å²) in [5.41, 5.74) is -2.69. The van der Waals surface area contributed by atoms with Gasteiger partial charge in [0.15, 0.2) is 16.4 Å². The summed E-state index contributed by atoms with van der Waals surface area (Å²) in [7, 11) is -3.94. The molecular formula is C21H17F4N3O5S. The average molecular weight is 499 g/mol. The number of benzene rings is 2. The highest BCUT2D eigenvalue weighted by atomic mass is 32.2. The molecule has 0 radical (unpaired) electrons. The van der Waals surface area contributed by atoms with Crippen LogP contribution < -0.4 is 5.32 Å². The number of anilines is 1. The summed E-state index contributed by atoms with van der Waals surface area (Å²) in [6.07, 6.45) is -4.61. The van der Waals surface area contributed by atoms with Crippen molar-refractivity contribution in [2.75, 3.05) is 5.32 Å². The molecule has 1 aromatic heterocycles. The van der Waals surface area contributed by atoms with Crippen LogP contribution in [0, 0.1) is 5.82 Å². The van der Waals surface area contributed by atoms with Crippen LogP contribution in [0.25, 0.3) is 11.0 Å². The van der Waals surface area contributed by atoms with Crippen LogP contribution in [0.3, 0.4) is 0 Å². The second kappa shape index (κ2) is 8.08. The van der Waals surface area contributed by atoms with Gasteiger partial charge in [-0.05, 0) is 38.1 Å². The molecule has 2 heterocycles. The van der Waals surface area contributed by atoms with Gasteiger partial charge in [-0.25, -0.2) is 12.8 Å². The first-order valence-corrected chi connectivity index (χ1v) is 11.4. The predicted octanol–water partition coefficient (Wildman–Crippen LogP) is 4.67. The number of oxime groups is 1. The summed E-state index contributed by atoms with van der Waals surface area (Å²) >= 11 is 0. The lowest BCUT2D eigenvalue weighted by atomic mass is 10.1.